The van der Waals surface area contributed by atoms with Crippen molar-refractivity contribution in [1.29, 1.82) is 0 Å². The number of amides is 1. The Kier molecular flexibility index (Phi) is 6.69. The molecule has 1 saturated heterocycles. The largest absolute Gasteiger partial charge is 0.441 e. The molecule has 33 heavy (non-hydrogen) atoms. The van der Waals surface area contributed by atoms with E-state index in [-0.39, 0.29) is 24.3 Å². The molecule has 2 fully saturated rings. The van der Waals surface area contributed by atoms with Crippen LogP contribution in [0.2, 0.25) is 0 Å². The van der Waals surface area contributed by atoms with E-state index < -0.39 is 5.60 Å². The second-order valence-electron chi connectivity index (χ2n) is 8.33. The summed E-state index contributed by atoms with van der Waals surface area (Å²) in [5.74, 6) is 1.31. The minimum Gasteiger partial charge on any atom is -0.441 e. The number of hydrogen-bond acceptors (Lipinski definition) is 7. The molecule has 1 aliphatic heterocycles. The van der Waals surface area contributed by atoms with E-state index in [0.717, 1.165) is 32.2 Å². The van der Waals surface area contributed by atoms with Gasteiger partial charge in [0.25, 0.3) is 0 Å². The number of hydrogen-bond donors (Lipinski definition) is 1. The van der Waals surface area contributed by atoms with Gasteiger partial charge in [0.1, 0.15) is 17.2 Å². The summed E-state index contributed by atoms with van der Waals surface area (Å²) in [6, 6.07) is 13.6. The molecular weight excluding hydrogens is 447 g/mol. The van der Waals surface area contributed by atoms with E-state index >= 15 is 0 Å². The van der Waals surface area contributed by atoms with Gasteiger partial charge in [-0.1, -0.05) is 12.1 Å². The maximum absolute atomic E-state index is 13.9. The molecule has 2 aliphatic rings. The minimum atomic E-state index is -0.452. The Hall–Kier alpha value is -3.33. The molecule has 0 radical (unpaired) electrons. The van der Waals surface area contributed by atoms with Gasteiger partial charge in [0.15, 0.2) is 5.82 Å². The monoisotopic (exact) mass is 470 g/mol. The first-order chi connectivity index (χ1) is 15.6. The van der Waals surface area contributed by atoms with Gasteiger partial charge >= 0.3 is 6.09 Å². The second kappa shape index (κ2) is 9.66. The highest BCUT2D eigenvalue weighted by atomic mass is 35.5. The molecule has 0 bridgehead atoms. The Balaban J connectivity index is 0.00000259. The summed E-state index contributed by atoms with van der Waals surface area (Å²) in [6.45, 7) is 1.26. The zero-order chi connectivity index (χ0) is 22.0. The zero-order valence-corrected chi connectivity index (χ0v) is 18.7. The molecule has 172 valence electrons. The van der Waals surface area contributed by atoms with Crippen LogP contribution in [0.4, 0.5) is 20.8 Å². The van der Waals surface area contributed by atoms with Crippen LogP contribution < -0.4 is 10.2 Å². The molecule has 1 saturated carbocycles. The number of nitrogens with one attached hydrogen (secondary N) is 1. The summed E-state index contributed by atoms with van der Waals surface area (Å²) >= 11 is 0. The summed E-state index contributed by atoms with van der Waals surface area (Å²) < 4.78 is 19.7. The predicted octanol–water partition coefficient (Wildman–Crippen LogP) is 4.49. The molecule has 2 aromatic heterocycles. The fourth-order valence-electron chi connectivity index (χ4n) is 4.39. The van der Waals surface area contributed by atoms with E-state index in [1.54, 1.807) is 47.5 Å². The first-order valence-electron chi connectivity index (χ1n) is 10.7. The molecule has 3 heterocycles. The highest BCUT2D eigenvalue weighted by Crippen LogP contribution is 2.40. The fourth-order valence-corrected chi connectivity index (χ4v) is 4.39. The average molecular weight is 471 g/mol. The van der Waals surface area contributed by atoms with Gasteiger partial charge in [-0.3, -0.25) is 4.90 Å². The third kappa shape index (κ3) is 4.88. The molecule has 1 N–H and O–H groups in total. The lowest BCUT2D eigenvalue weighted by Gasteiger charge is -2.35. The molecule has 0 unspecified atom stereocenters. The maximum Gasteiger partial charge on any atom is 0.416 e. The highest BCUT2D eigenvalue weighted by Gasteiger charge is 2.48. The Morgan fingerprint density at radius 2 is 1.88 bits per heavy atom. The SMILES string of the molecule is Cl.O=C1OC2(CCC(CNc3ccc(-c4ccccc4F)nn3)CC2)CN1c1cccnn1. The predicted molar refractivity (Wildman–Crippen MR) is 124 cm³/mol. The lowest BCUT2D eigenvalue weighted by atomic mass is 9.78. The van der Waals surface area contributed by atoms with Gasteiger partial charge in [-0.25, -0.2) is 9.18 Å². The Morgan fingerprint density at radius 1 is 1.06 bits per heavy atom. The van der Waals surface area contributed by atoms with Crippen LogP contribution in [0.5, 0.6) is 0 Å². The number of anilines is 2. The van der Waals surface area contributed by atoms with E-state index in [4.69, 9.17) is 4.74 Å². The maximum atomic E-state index is 13.9. The molecule has 1 spiro atoms. The van der Waals surface area contributed by atoms with Crippen molar-refractivity contribution < 1.29 is 13.9 Å². The van der Waals surface area contributed by atoms with Gasteiger partial charge in [-0.05, 0) is 68.0 Å². The van der Waals surface area contributed by atoms with Crippen LogP contribution in [0, 0.1) is 11.7 Å². The van der Waals surface area contributed by atoms with Gasteiger partial charge in [-0.15, -0.1) is 27.7 Å². The van der Waals surface area contributed by atoms with Crippen LogP contribution in [0.1, 0.15) is 25.7 Å². The Bertz CT molecular complexity index is 1090. The second-order valence-corrected chi connectivity index (χ2v) is 8.33. The minimum absolute atomic E-state index is 0. The van der Waals surface area contributed by atoms with Crippen LogP contribution in [0.15, 0.2) is 54.7 Å². The number of aromatic nitrogens is 4. The molecule has 1 aliphatic carbocycles. The van der Waals surface area contributed by atoms with E-state index in [1.165, 1.54) is 6.07 Å². The Morgan fingerprint density at radius 3 is 2.58 bits per heavy atom. The van der Waals surface area contributed by atoms with Crippen molar-refractivity contribution in [3.05, 3.63) is 60.5 Å². The average Bonchev–Trinajstić information content (AvgIpc) is 3.16. The van der Waals surface area contributed by atoms with Crippen molar-refractivity contribution in [1.82, 2.24) is 20.4 Å². The molecule has 1 amide bonds. The molecule has 8 nitrogen and oxygen atoms in total. The third-order valence-electron chi connectivity index (χ3n) is 6.21. The van der Waals surface area contributed by atoms with Gasteiger partial charge in [-0.2, -0.15) is 5.10 Å². The number of ether oxygens (including phenoxy) is 1. The smallest absolute Gasteiger partial charge is 0.416 e. The molecule has 10 heteroatoms. The summed E-state index contributed by atoms with van der Waals surface area (Å²) in [7, 11) is 0. The van der Waals surface area contributed by atoms with E-state index in [1.807, 2.05) is 6.07 Å². The van der Waals surface area contributed by atoms with Crippen molar-refractivity contribution in [2.24, 2.45) is 5.92 Å². The Labute approximate surface area is 197 Å². The first kappa shape index (κ1) is 22.8. The summed E-state index contributed by atoms with van der Waals surface area (Å²) in [4.78, 5) is 13.9. The number of halogens is 2. The van der Waals surface area contributed by atoms with Gasteiger partial charge < -0.3 is 10.1 Å². The third-order valence-corrected chi connectivity index (χ3v) is 6.21. The number of carbonyl (C=O) groups excluding carboxylic acids is 1. The van der Waals surface area contributed by atoms with Gasteiger partial charge in [0, 0.05) is 18.3 Å². The van der Waals surface area contributed by atoms with Crippen LogP contribution in [-0.2, 0) is 4.74 Å². The van der Waals surface area contributed by atoms with Crippen molar-refractivity contribution >= 4 is 30.1 Å². The molecule has 0 atom stereocenters. The molecular formula is C23H24ClFN6O2. The van der Waals surface area contributed by atoms with Crippen LogP contribution in [-0.4, -0.2) is 45.2 Å². The summed E-state index contributed by atoms with van der Waals surface area (Å²) in [6.07, 6.45) is 4.72. The van der Waals surface area contributed by atoms with Gasteiger partial charge in [0.2, 0.25) is 0 Å². The fraction of sp³-hybridized carbons (Fsp3) is 0.348. The number of benzene rings is 1. The number of nitrogens with zero attached hydrogens (tertiary/aromatic N) is 5. The van der Waals surface area contributed by atoms with E-state index in [0.29, 0.717) is 35.4 Å². The number of carbonyl (C=O) groups is 1. The highest BCUT2D eigenvalue weighted by molar-refractivity contribution is 5.89. The number of rotatable bonds is 5. The van der Waals surface area contributed by atoms with Crippen molar-refractivity contribution in [3.8, 4) is 11.3 Å². The molecule has 3 aromatic rings. The van der Waals surface area contributed by atoms with Crippen LogP contribution >= 0.6 is 12.4 Å². The normalized spacial score (nSPS) is 22.0. The van der Waals surface area contributed by atoms with Gasteiger partial charge in [0.05, 0.1) is 12.2 Å². The molecule has 5 rings (SSSR count). The van der Waals surface area contributed by atoms with E-state index in [9.17, 15) is 9.18 Å². The van der Waals surface area contributed by atoms with Crippen LogP contribution in [0.3, 0.4) is 0 Å². The summed E-state index contributed by atoms with van der Waals surface area (Å²) in [5, 5.41) is 19.5. The quantitative estimate of drug-likeness (QED) is 0.587. The van der Waals surface area contributed by atoms with Crippen molar-refractivity contribution in [3.63, 3.8) is 0 Å². The van der Waals surface area contributed by atoms with Crippen LogP contribution in [0.25, 0.3) is 11.3 Å². The standard InChI is InChI=1S/C23H23FN6O2.ClH/c24-18-5-2-1-4-17(18)19-7-8-20(28-27-19)25-14-16-9-11-23(12-10-16)15-30(22(31)32-23)21-6-3-13-26-29-21;/h1-8,13,16H,9-12,14-15H2,(H,25,28);1H. The van der Waals surface area contributed by atoms with Crippen molar-refractivity contribution in [2.75, 3.05) is 23.3 Å². The van der Waals surface area contributed by atoms with E-state index in [2.05, 4.69) is 25.7 Å². The van der Waals surface area contributed by atoms with Crippen molar-refractivity contribution in [2.45, 2.75) is 31.3 Å². The zero-order valence-electron chi connectivity index (χ0n) is 17.9. The lowest BCUT2D eigenvalue weighted by Crippen LogP contribution is -2.39. The summed E-state index contributed by atoms with van der Waals surface area (Å²) in [5.41, 5.74) is 0.488. The molecule has 1 aromatic carbocycles. The topological polar surface area (TPSA) is 93.1 Å². The first-order valence-corrected chi connectivity index (χ1v) is 10.7. The lowest BCUT2D eigenvalue weighted by molar-refractivity contribution is 0.0148.